The maximum Gasteiger partial charge on any atom is 0.267 e. The van der Waals surface area contributed by atoms with Crippen molar-refractivity contribution in [1.82, 2.24) is 4.98 Å². The van der Waals surface area contributed by atoms with Crippen LogP contribution in [0.4, 0.5) is 8.78 Å². The molecule has 4 nitrogen and oxygen atoms in total. The summed E-state index contributed by atoms with van der Waals surface area (Å²) < 4.78 is 25.0. The molecule has 0 saturated carbocycles. The van der Waals surface area contributed by atoms with E-state index >= 15 is 0 Å². The van der Waals surface area contributed by atoms with Crippen molar-refractivity contribution in [1.29, 1.82) is 10.5 Å². The minimum atomic E-state index is -2.94. The molecular weight excluding hydrogens is 204 g/mol. The SMILES string of the molecule is N#CCc1cnc(C#N)c(O)c1C(F)F. The number of halogens is 2. The molecular formula is C9H5F2N3O. The van der Waals surface area contributed by atoms with Crippen molar-refractivity contribution < 1.29 is 13.9 Å². The predicted octanol–water partition coefficient (Wildman–Crippen LogP) is 1.66. The van der Waals surface area contributed by atoms with Gasteiger partial charge in [0.1, 0.15) is 6.07 Å². The second kappa shape index (κ2) is 4.34. The van der Waals surface area contributed by atoms with Gasteiger partial charge >= 0.3 is 0 Å². The highest BCUT2D eigenvalue weighted by Gasteiger charge is 2.21. The van der Waals surface area contributed by atoms with E-state index in [9.17, 15) is 13.9 Å². The van der Waals surface area contributed by atoms with Crippen molar-refractivity contribution in [2.24, 2.45) is 0 Å². The molecule has 0 amide bonds. The summed E-state index contributed by atoms with van der Waals surface area (Å²) in [5, 5.41) is 26.1. The third-order valence-electron chi connectivity index (χ3n) is 1.77. The smallest absolute Gasteiger partial charge is 0.267 e. The van der Waals surface area contributed by atoms with Crippen molar-refractivity contribution >= 4 is 0 Å². The lowest BCUT2D eigenvalue weighted by Gasteiger charge is -2.08. The van der Waals surface area contributed by atoms with Gasteiger partial charge in [0.05, 0.1) is 18.1 Å². The Kier molecular flexibility index (Phi) is 3.14. The van der Waals surface area contributed by atoms with Crippen LogP contribution in [0.1, 0.15) is 23.2 Å². The molecule has 15 heavy (non-hydrogen) atoms. The van der Waals surface area contributed by atoms with Gasteiger partial charge in [0.2, 0.25) is 0 Å². The lowest BCUT2D eigenvalue weighted by atomic mass is 10.1. The van der Waals surface area contributed by atoms with Crippen LogP contribution in [0.3, 0.4) is 0 Å². The van der Waals surface area contributed by atoms with E-state index in [0.29, 0.717) is 0 Å². The Balaban J connectivity index is 3.40. The van der Waals surface area contributed by atoms with Crippen LogP contribution in [0, 0.1) is 22.7 Å². The zero-order valence-electron chi connectivity index (χ0n) is 7.41. The van der Waals surface area contributed by atoms with Gasteiger partial charge < -0.3 is 5.11 Å². The number of nitriles is 2. The molecule has 0 radical (unpaired) electrons. The van der Waals surface area contributed by atoms with E-state index in [1.165, 1.54) is 6.07 Å². The lowest BCUT2D eigenvalue weighted by molar-refractivity contribution is 0.146. The molecule has 0 unspecified atom stereocenters. The number of hydrogen-bond donors (Lipinski definition) is 1. The first kappa shape index (κ1) is 10.9. The molecule has 1 rings (SSSR count). The van der Waals surface area contributed by atoms with Crippen molar-refractivity contribution in [3.63, 3.8) is 0 Å². The summed E-state index contributed by atoms with van der Waals surface area (Å²) in [5.74, 6) is -0.847. The molecule has 0 spiro atoms. The number of hydrogen-bond acceptors (Lipinski definition) is 4. The molecule has 1 aromatic rings. The second-order valence-corrected chi connectivity index (χ2v) is 2.64. The van der Waals surface area contributed by atoms with Gasteiger partial charge in [0, 0.05) is 6.20 Å². The van der Waals surface area contributed by atoms with Crippen LogP contribution in [-0.2, 0) is 6.42 Å². The third kappa shape index (κ3) is 2.00. The van der Waals surface area contributed by atoms with E-state index in [1.54, 1.807) is 6.07 Å². The first-order valence-corrected chi connectivity index (χ1v) is 3.87. The Morgan fingerprint density at radius 3 is 2.60 bits per heavy atom. The molecule has 0 atom stereocenters. The summed E-state index contributed by atoms with van der Waals surface area (Å²) in [4.78, 5) is 3.46. The highest BCUT2D eigenvalue weighted by molar-refractivity contribution is 5.47. The number of pyridine rings is 1. The number of aromatic nitrogens is 1. The van der Waals surface area contributed by atoms with Gasteiger partial charge in [0.25, 0.3) is 6.43 Å². The van der Waals surface area contributed by atoms with E-state index in [1.807, 2.05) is 0 Å². The molecule has 0 aliphatic rings. The highest BCUT2D eigenvalue weighted by atomic mass is 19.3. The normalized spacial score (nSPS) is 9.67. The summed E-state index contributed by atoms with van der Waals surface area (Å²) in [6.45, 7) is 0. The lowest BCUT2D eigenvalue weighted by Crippen LogP contribution is -1.99. The fraction of sp³-hybridized carbons (Fsp3) is 0.222. The summed E-state index contributed by atoms with van der Waals surface area (Å²) in [6, 6.07) is 3.16. The summed E-state index contributed by atoms with van der Waals surface area (Å²) in [6.07, 6.45) is -2.22. The third-order valence-corrected chi connectivity index (χ3v) is 1.77. The van der Waals surface area contributed by atoms with E-state index in [2.05, 4.69) is 4.98 Å². The summed E-state index contributed by atoms with van der Waals surface area (Å²) in [7, 11) is 0. The van der Waals surface area contributed by atoms with Gasteiger partial charge in [-0.3, -0.25) is 0 Å². The standard InChI is InChI=1S/C9H5F2N3O/c10-9(11)7-5(1-2-12)4-14-6(3-13)8(7)15/h4,9,15H,1H2. The second-order valence-electron chi connectivity index (χ2n) is 2.64. The van der Waals surface area contributed by atoms with Crippen LogP contribution in [0.2, 0.25) is 0 Å². The monoisotopic (exact) mass is 209 g/mol. The van der Waals surface area contributed by atoms with Crippen LogP contribution in [0.25, 0.3) is 0 Å². The summed E-state index contributed by atoms with van der Waals surface area (Å²) >= 11 is 0. The first-order valence-electron chi connectivity index (χ1n) is 3.87. The van der Waals surface area contributed by atoms with Crippen LogP contribution < -0.4 is 0 Å². The molecule has 1 aromatic heterocycles. The van der Waals surface area contributed by atoms with Gasteiger partial charge in [-0.25, -0.2) is 13.8 Å². The molecule has 0 aromatic carbocycles. The van der Waals surface area contributed by atoms with E-state index in [0.717, 1.165) is 6.20 Å². The molecule has 0 aliphatic carbocycles. The number of nitrogens with zero attached hydrogens (tertiary/aromatic N) is 3. The highest BCUT2D eigenvalue weighted by Crippen LogP contribution is 2.32. The van der Waals surface area contributed by atoms with E-state index < -0.39 is 23.4 Å². The van der Waals surface area contributed by atoms with Crippen LogP contribution >= 0.6 is 0 Å². The number of aromatic hydroxyl groups is 1. The van der Waals surface area contributed by atoms with Gasteiger partial charge in [0.15, 0.2) is 11.4 Å². The fourth-order valence-corrected chi connectivity index (χ4v) is 1.10. The molecule has 0 aliphatic heterocycles. The number of alkyl halides is 2. The maximum atomic E-state index is 12.5. The number of rotatable bonds is 2. The van der Waals surface area contributed by atoms with E-state index in [-0.39, 0.29) is 12.0 Å². The molecule has 76 valence electrons. The molecule has 0 saturated heterocycles. The average Bonchev–Trinajstić information content (AvgIpc) is 2.18. The maximum absolute atomic E-state index is 12.5. The molecule has 0 fully saturated rings. The quantitative estimate of drug-likeness (QED) is 0.803. The Labute approximate surface area is 84.0 Å². The zero-order chi connectivity index (χ0) is 11.4. The molecule has 1 N–H and O–H groups in total. The van der Waals surface area contributed by atoms with Gasteiger partial charge in [-0.15, -0.1) is 0 Å². The molecule has 6 heteroatoms. The van der Waals surface area contributed by atoms with Crippen LogP contribution in [0.15, 0.2) is 6.20 Å². The van der Waals surface area contributed by atoms with Crippen LogP contribution in [-0.4, -0.2) is 10.1 Å². The average molecular weight is 209 g/mol. The van der Waals surface area contributed by atoms with Crippen molar-refractivity contribution in [2.75, 3.05) is 0 Å². The topological polar surface area (TPSA) is 80.7 Å². The Bertz CT molecular complexity index is 460. The molecule has 0 bridgehead atoms. The molecule has 1 heterocycles. The van der Waals surface area contributed by atoms with E-state index in [4.69, 9.17) is 10.5 Å². The van der Waals surface area contributed by atoms with Crippen molar-refractivity contribution in [3.05, 3.63) is 23.0 Å². The van der Waals surface area contributed by atoms with Gasteiger partial charge in [-0.1, -0.05) is 0 Å². The van der Waals surface area contributed by atoms with Crippen LogP contribution in [0.5, 0.6) is 5.75 Å². The summed E-state index contributed by atoms with van der Waals surface area (Å²) in [5.41, 5.74) is -1.22. The Morgan fingerprint density at radius 2 is 2.13 bits per heavy atom. The Morgan fingerprint density at radius 1 is 1.47 bits per heavy atom. The largest absolute Gasteiger partial charge is 0.505 e. The van der Waals surface area contributed by atoms with Gasteiger partial charge in [-0.05, 0) is 5.56 Å². The first-order chi connectivity index (χ1) is 7.11. The zero-order valence-corrected chi connectivity index (χ0v) is 7.41. The van der Waals surface area contributed by atoms with Gasteiger partial charge in [-0.2, -0.15) is 10.5 Å². The minimum Gasteiger partial charge on any atom is -0.505 e. The predicted molar refractivity (Wildman–Crippen MR) is 44.9 cm³/mol. The van der Waals surface area contributed by atoms with Crippen molar-refractivity contribution in [3.8, 4) is 17.9 Å². The minimum absolute atomic E-state index is 0.0657. The van der Waals surface area contributed by atoms with Crippen molar-refractivity contribution in [2.45, 2.75) is 12.8 Å². The fourth-order valence-electron chi connectivity index (χ4n) is 1.10. The Hall–Kier alpha value is -2.21.